The summed E-state index contributed by atoms with van der Waals surface area (Å²) in [5.74, 6) is 1.06. The molecule has 0 aliphatic carbocycles. The fourth-order valence-electron chi connectivity index (χ4n) is 2.57. The molecule has 10 heteroatoms. The number of rotatable bonds is 6. The zero-order valence-electron chi connectivity index (χ0n) is 21.5. The maximum absolute atomic E-state index is 12.0. The number of hydrogen-bond donors (Lipinski definition) is 2. The maximum Gasteiger partial charge on any atom is 0.251 e. The van der Waals surface area contributed by atoms with E-state index in [-0.39, 0.29) is 17.9 Å². The van der Waals surface area contributed by atoms with Crippen molar-refractivity contribution in [2.24, 2.45) is 0 Å². The molecule has 2 aromatic heterocycles. The maximum atomic E-state index is 12.0. The molecule has 0 spiro atoms. The van der Waals surface area contributed by atoms with Crippen molar-refractivity contribution in [1.82, 2.24) is 25.8 Å². The molecule has 2 amide bonds. The van der Waals surface area contributed by atoms with Gasteiger partial charge in [0, 0.05) is 37.0 Å². The SMILES string of the molecule is CC.CNC(=O)C(C)NC(=O)c1ccc(OC(C)C)c(Cl)c1.Cc1ccc(-c2noc(C)n2)cn1. The number of nitrogens with zero attached hydrogens (tertiary/aromatic N) is 3. The third-order valence-corrected chi connectivity index (χ3v) is 4.54. The van der Waals surface area contributed by atoms with Crippen molar-refractivity contribution in [1.29, 1.82) is 0 Å². The number of nitrogens with one attached hydrogen (secondary N) is 2. The zero-order valence-corrected chi connectivity index (χ0v) is 22.2. The van der Waals surface area contributed by atoms with Crippen molar-refractivity contribution in [2.45, 2.75) is 60.6 Å². The molecular formula is C25H34ClN5O4. The quantitative estimate of drug-likeness (QED) is 0.497. The van der Waals surface area contributed by atoms with Crippen molar-refractivity contribution in [3.63, 3.8) is 0 Å². The first-order valence-corrected chi connectivity index (χ1v) is 11.7. The number of halogens is 1. The Kier molecular flexibility index (Phi) is 12.4. The molecule has 0 fully saturated rings. The normalized spacial score (nSPS) is 10.8. The molecule has 0 radical (unpaired) electrons. The van der Waals surface area contributed by atoms with E-state index in [2.05, 4.69) is 25.8 Å². The molecule has 35 heavy (non-hydrogen) atoms. The van der Waals surface area contributed by atoms with Crippen LogP contribution in [0.1, 0.15) is 56.6 Å². The number of amides is 2. The van der Waals surface area contributed by atoms with Gasteiger partial charge < -0.3 is 19.9 Å². The molecule has 0 aliphatic rings. The summed E-state index contributed by atoms with van der Waals surface area (Å²) in [6, 6.07) is 7.99. The average molecular weight is 504 g/mol. The average Bonchev–Trinajstić information content (AvgIpc) is 3.27. The van der Waals surface area contributed by atoms with Crippen molar-refractivity contribution in [2.75, 3.05) is 7.05 Å². The summed E-state index contributed by atoms with van der Waals surface area (Å²) in [6.45, 7) is 13.1. The molecular weight excluding hydrogens is 470 g/mol. The van der Waals surface area contributed by atoms with Crippen LogP contribution in [-0.2, 0) is 4.79 Å². The van der Waals surface area contributed by atoms with Crippen LogP contribution in [0.4, 0.5) is 0 Å². The monoisotopic (exact) mass is 503 g/mol. The van der Waals surface area contributed by atoms with Crippen LogP contribution >= 0.6 is 11.6 Å². The molecule has 0 saturated heterocycles. The largest absolute Gasteiger partial charge is 0.489 e. The van der Waals surface area contributed by atoms with Gasteiger partial charge in [-0.3, -0.25) is 14.6 Å². The Hall–Kier alpha value is -3.46. The number of carbonyl (C=O) groups is 2. The number of hydrogen-bond acceptors (Lipinski definition) is 7. The van der Waals surface area contributed by atoms with E-state index in [1.165, 1.54) is 13.1 Å². The second-order valence-corrected chi connectivity index (χ2v) is 7.85. The number of aryl methyl sites for hydroxylation is 2. The number of pyridine rings is 1. The van der Waals surface area contributed by atoms with Crippen LogP contribution in [-0.4, -0.2) is 46.1 Å². The highest BCUT2D eigenvalue weighted by Gasteiger charge is 2.16. The van der Waals surface area contributed by atoms with Gasteiger partial charge in [0.15, 0.2) is 0 Å². The third kappa shape index (κ3) is 9.74. The second-order valence-electron chi connectivity index (χ2n) is 7.45. The predicted molar refractivity (Wildman–Crippen MR) is 137 cm³/mol. The molecule has 0 saturated carbocycles. The minimum Gasteiger partial charge on any atom is -0.489 e. The van der Waals surface area contributed by atoms with Crippen LogP contribution in [0, 0.1) is 13.8 Å². The van der Waals surface area contributed by atoms with Gasteiger partial charge in [0.05, 0.1) is 11.1 Å². The van der Waals surface area contributed by atoms with Crippen molar-refractivity contribution < 1.29 is 18.8 Å². The summed E-state index contributed by atoms with van der Waals surface area (Å²) in [5, 5.41) is 9.20. The Balaban J connectivity index is 0.000000350. The van der Waals surface area contributed by atoms with Crippen molar-refractivity contribution >= 4 is 23.4 Å². The summed E-state index contributed by atoms with van der Waals surface area (Å²) < 4.78 is 10.3. The summed E-state index contributed by atoms with van der Waals surface area (Å²) in [4.78, 5) is 31.6. The highest BCUT2D eigenvalue weighted by Crippen LogP contribution is 2.26. The lowest BCUT2D eigenvalue weighted by molar-refractivity contribution is -0.122. The van der Waals surface area contributed by atoms with Gasteiger partial charge in [-0.15, -0.1) is 0 Å². The first kappa shape index (κ1) is 29.6. The van der Waals surface area contributed by atoms with Crippen LogP contribution in [0.3, 0.4) is 0 Å². The number of carbonyl (C=O) groups excluding carboxylic acids is 2. The van der Waals surface area contributed by atoms with Crippen LogP contribution in [0.5, 0.6) is 5.75 Å². The van der Waals surface area contributed by atoms with E-state index in [0.717, 1.165) is 11.3 Å². The predicted octanol–water partition coefficient (Wildman–Crippen LogP) is 4.77. The molecule has 1 aromatic carbocycles. The number of aromatic nitrogens is 3. The first-order valence-electron chi connectivity index (χ1n) is 11.3. The van der Waals surface area contributed by atoms with Crippen molar-refractivity contribution in [3.8, 4) is 17.1 Å². The van der Waals surface area contributed by atoms with Gasteiger partial charge in [0.2, 0.25) is 17.6 Å². The molecule has 0 aliphatic heterocycles. The van der Waals surface area contributed by atoms with E-state index in [9.17, 15) is 9.59 Å². The highest BCUT2D eigenvalue weighted by molar-refractivity contribution is 6.32. The Morgan fingerprint density at radius 1 is 1.09 bits per heavy atom. The summed E-state index contributed by atoms with van der Waals surface area (Å²) in [7, 11) is 1.51. The number of benzene rings is 1. The van der Waals surface area contributed by atoms with Gasteiger partial charge in [-0.1, -0.05) is 30.6 Å². The molecule has 3 aromatic rings. The first-order chi connectivity index (χ1) is 16.6. The van der Waals surface area contributed by atoms with E-state index in [0.29, 0.717) is 28.1 Å². The van der Waals surface area contributed by atoms with Gasteiger partial charge >= 0.3 is 0 Å². The van der Waals surface area contributed by atoms with E-state index in [4.69, 9.17) is 20.9 Å². The fraction of sp³-hybridized carbons (Fsp3) is 0.400. The van der Waals surface area contributed by atoms with Gasteiger partial charge in [-0.25, -0.2) is 0 Å². The van der Waals surface area contributed by atoms with Crippen LogP contribution < -0.4 is 15.4 Å². The van der Waals surface area contributed by atoms with E-state index < -0.39 is 6.04 Å². The second kappa shape index (κ2) is 14.7. The molecule has 2 heterocycles. The van der Waals surface area contributed by atoms with Gasteiger partial charge in [0.1, 0.15) is 11.8 Å². The molecule has 3 rings (SSSR count). The summed E-state index contributed by atoms with van der Waals surface area (Å²) in [5.41, 5.74) is 2.23. The number of ether oxygens (including phenoxy) is 1. The topological polar surface area (TPSA) is 119 Å². The lowest BCUT2D eigenvalue weighted by Gasteiger charge is -2.14. The Labute approximate surface area is 211 Å². The zero-order chi connectivity index (χ0) is 26.5. The smallest absolute Gasteiger partial charge is 0.251 e. The third-order valence-electron chi connectivity index (χ3n) is 4.24. The van der Waals surface area contributed by atoms with Crippen LogP contribution in [0.2, 0.25) is 5.02 Å². The van der Waals surface area contributed by atoms with Gasteiger partial charge in [0.25, 0.3) is 5.91 Å². The molecule has 0 bridgehead atoms. The number of likely N-dealkylation sites (N-methyl/N-ethyl adjacent to an activating group) is 1. The minimum atomic E-state index is -0.613. The van der Waals surface area contributed by atoms with Crippen LogP contribution in [0.15, 0.2) is 41.1 Å². The van der Waals surface area contributed by atoms with Gasteiger partial charge in [-0.2, -0.15) is 4.98 Å². The lowest BCUT2D eigenvalue weighted by Crippen LogP contribution is -2.43. The lowest BCUT2D eigenvalue weighted by atomic mass is 10.2. The Morgan fingerprint density at radius 3 is 2.26 bits per heavy atom. The van der Waals surface area contributed by atoms with Gasteiger partial charge in [-0.05, 0) is 58.0 Å². The van der Waals surface area contributed by atoms with Crippen LogP contribution in [0.25, 0.3) is 11.4 Å². The molecule has 190 valence electrons. The molecule has 2 N–H and O–H groups in total. The minimum absolute atomic E-state index is 0.000416. The van der Waals surface area contributed by atoms with Crippen molar-refractivity contribution in [3.05, 3.63) is 58.7 Å². The molecule has 1 atom stereocenters. The summed E-state index contributed by atoms with van der Waals surface area (Å²) >= 11 is 6.06. The van der Waals surface area contributed by atoms with E-state index in [1.54, 1.807) is 32.2 Å². The summed E-state index contributed by atoms with van der Waals surface area (Å²) in [6.07, 6.45) is 1.74. The molecule has 9 nitrogen and oxygen atoms in total. The highest BCUT2D eigenvalue weighted by atomic mass is 35.5. The van der Waals surface area contributed by atoms with E-state index >= 15 is 0 Å². The fourth-order valence-corrected chi connectivity index (χ4v) is 2.80. The van der Waals surface area contributed by atoms with E-state index in [1.807, 2.05) is 46.8 Å². The Morgan fingerprint density at radius 2 is 1.77 bits per heavy atom. The Bertz CT molecular complexity index is 1080. The molecule has 1 unspecified atom stereocenters. The standard InChI is InChI=1S/C14H19ClN2O3.C9H9N3O.C2H6/c1-8(2)20-12-6-5-10(7-11(12)15)14(19)17-9(3)13(18)16-4;1-6-3-4-8(5-10-6)9-11-7(2)13-12-9;1-2/h5-9H,1-4H3,(H,16,18)(H,17,19);3-5H,1-2H3;1-2H3.